The van der Waals surface area contributed by atoms with Gasteiger partial charge in [-0.1, -0.05) is 20.3 Å². The smallest absolute Gasteiger partial charge is 0.317 e. The van der Waals surface area contributed by atoms with Crippen LogP contribution in [0.25, 0.3) is 0 Å². The van der Waals surface area contributed by atoms with Crippen molar-refractivity contribution in [1.29, 1.82) is 0 Å². The molecule has 0 bridgehead atoms. The first-order valence-corrected chi connectivity index (χ1v) is 8.45. The first kappa shape index (κ1) is 22.9. The Bertz CT molecular complexity index is 461. The second kappa shape index (κ2) is 10.7. The first-order chi connectivity index (χ1) is 11.6. The van der Waals surface area contributed by atoms with Gasteiger partial charge in [0.05, 0.1) is 0 Å². The molecule has 2 N–H and O–H groups in total. The van der Waals surface area contributed by atoms with Crippen molar-refractivity contribution in [2.45, 2.75) is 78.4 Å². The van der Waals surface area contributed by atoms with Gasteiger partial charge in [-0.25, -0.2) is 0 Å². The van der Waals surface area contributed by atoms with Crippen LogP contribution in [0.2, 0.25) is 0 Å². The zero-order valence-corrected chi connectivity index (χ0v) is 15.2. The number of unbranched alkanes of at least 4 members (excludes halogenated alkanes) is 1. The third kappa shape index (κ3) is 6.72. The van der Waals surface area contributed by atoms with Gasteiger partial charge >= 0.3 is 23.9 Å². The van der Waals surface area contributed by atoms with E-state index >= 15 is 0 Å². The zero-order chi connectivity index (χ0) is 19.6. The van der Waals surface area contributed by atoms with Gasteiger partial charge in [0.2, 0.25) is 0 Å². The van der Waals surface area contributed by atoms with Crippen LogP contribution in [0.3, 0.4) is 0 Å². The Morgan fingerprint density at radius 1 is 0.880 bits per heavy atom. The number of hydrogen-bond donors (Lipinski definition) is 2. The van der Waals surface area contributed by atoms with E-state index in [9.17, 15) is 24.3 Å². The van der Waals surface area contributed by atoms with Crippen LogP contribution in [0.4, 0.5) is 0 Å². The summed E-state index contributed by atoms with van der Waals surface area (Å²) in [5.41, 5.74) is -1.64. The average Bonchev–Trinajstić information content (AvgIpc) is 2.53. The van der Waals surface area contributed by atoms with E-state index in [0.29, 0.717) is 0 Å². The fraction of sp³-hybridized carbons (Fsp3) is 0.765. The minimum Gasteiger partial charge on any atom is -0.481 e. The average molecular weight is 360 g/mol. The molecule has 2 unspecified atom stereocenters. The molecule has 2 atom stereocenters. The molecular weight excluding hydrogens is 332 g/mol. The summed E-state index contributed by atoms with van der Waals surface area (Å²) in [7, 11) is 0. The summed E-state index contributed by atoms with van der Waals surface area (Å²) < 4.78 is 10.4. The molecule has 25 heavy (non-hydrogen) atoms. The van der Waals surface area contributed by atoms with Gasteiger partial charge in [-0.05, 0) is 26.7 Å². The lowest BCUT2D eigenvalue weighted by Gasteiger charge is -2.38. The zero-order valence-electron chi connectivity index (χ0n) is 15.2. The van der Waals surface area contributed by atoms with E-state index in [1.165, 1.54) is 13.8 Å². The number of rotatable bonds is 12. The molecular formula is C17H28O8. The van der Waals surface area contributed by atoms with Gasteiger partial charge in [0.15, 0.2) is 0 Å². The molecule has 0 fully saturated rings. The number of carbonyl (C=O) groups is 4. The number of aliphatic carboxylic acids is 2. The van der Waals surface area contributed by atoms with E-state index in [-0.39, 0.29) is 38.5 Å². The fourth-order valence-corrected chi connectivity index (χ4v) is 2.66. The SMILES string of the molecule is CCC(=O)OC(C)C(CCCCC(=O)O)(C(=O)O)C(C)OC(=O)CC. The lowest BCUT2D eigenvalue weighted by molar-refractivity contribution is -0.186. The Hall–Kier alpha value is -2.12. The third-order valence-corrected chi connectivity index (χ3v) is 4.27. The number of carbonyl (C=O) groups excluding carboxylic acids is 2. The highest BCUT2D eigenvalue weighted by Crippen LogP contribution is 2.37. The van der Waals surface area contributed by atoms with E-state index in [4.69, 9.17) is 14.6 Å². The van der Waals surface area contributed by atoms with Crippen molar-refractivity contribution < 1.29 is 38.9 Å². The molecule has 8 nitrogen and oxygen atoms in total. The molecule has 0 aromatic rings. The molecule has 8 heteroatoms. The second-order valence-electron chi connectivity index (χ2n) is 5.92. The van der Waals surface area contributed by atoms with Crippen LogP contribution in [-0.2, 0) is 28.7 Å². The van der Waals surface area contributed by atoms with Gasteiger partial charge in [0.1, 0.15) is 17.6 Å². The van der Waals surface area contributed by atoms with Gasteiger partial charge < -0.3 is 19.7 Å². The summed E-state index contributed by atoms with van der Waals surface area (Å²) in [5.74, 6) is -3.34. The third-order valence-electron chi connectivity index (χ3n) is 4.27. The van der Waals surface area contributed by atoms with Gasteiger partial charge in [-0.15, -0.1) is 0 Å². The Morgan fingerprint density at radius 2 is 1.32 bits per heavy atom. The highest BCUT2D eigenvalue weighted by molar-refractivity contribution is 5.78. The van der Waals surface area contributed by atoms with E-state index in [1.807, 2.05) is 0 Å². The number of carboxylic acid groups (broad SMARTS) is 2. The monoisotopic (exact) mass is 360 g/mol. The highest BCUT2D eigenvalue weighted by Gasteiger charge is 2.52. The highest BCUT2D eigenvalue weighted by atomic mass is 16.6. The minimum atomic E-state index is -1.64. The van der Waals surface area contributed by atoms with Crippen LogP contribution in [0, 0.1) is 5.41 Å². The van der Waals surface area contributed by atoms with Gasteiger partial charge in [-0.2, -0.15) is 0 Å². The standard InChI is InChI=1S/C17H28O8/c1-5-14(20)24-11(3)17(16(22)23,10-8-7-9-13(18)19)12(4)25-15(21)6-2/h11-12H,5-10H2,1-4H3,(H,18,19)(H,22,23). The Balaban J connectivity index is 5.50. The van der Waals surface area contributed by atoms with Crippen molar-refractivity contribution in [3.63, 3.8) is 0 Å². The van der Waals surface area contributed by atoms with Crippen molar-refractivity contribution in [1.82, 2.24) is 0 Å². The summed E-state index contributed by atoms with van der Waals surface area (Å²) >= 11 is 0. The van der Waals surface area contributed by atoms with Gasteiger partial charge in [0, 0.05) is 19.3 Å². The molecule has 0 radical (unpaired) electrons. The van der Waals surface area contributed by atoms with Gasteiger partial charge in [-0.3, -0.25) is 19.2 Å². The molecule has 0 rings (SSSR count). The maximum atomic E-state index is 12.1. The summed E-state index contributed by atoms with van der Waals surface area (Å²) in [6.45, 7) is 6.08. The molecule has 0 saturated carbocycles. The van der Waals surface area contributed by atoms with E-state index in [0.717, 1.165) is 0 Å². The van der Waals surface area contributed by atoms with Crippen LogP contribution in [0.15, 0.2) is 0 Å². The maximum absolute atomic E-state index is 12.1. The Labute approximate surface area is 147 Å². The van der Waals surface area contributed by atoms with Crippen LogP contribution < -0.4 is 0 Å². The number of hydrogen-bond acceptors (Lipinski definition) is 6. The molecule has 0 spiro atoms. The Kier molecular flexibility index (Phi) is 9.78. The first-order valence-electron chi connectivity index (χ1n) is 8.45. The number of carboxylic acids is 2. The van der Waals surface area contributed by atoms with Gasteiger partial charge in [0.25, 0.3) is 0 Å². The summed E-state index contributed by atoms with van der Waals surface area (Å²) in [4.78, 5) is 45.9. The van der Waals surface area contributed by atoms with E-state index < -0.39 is 41.5 Å². The van der Waals surface area contributed by atoms with Crippen LogP contribution in [-0.4, -0.2) is 46.3 Å². The molecule has 0 heterocycles. The molecule has 0 aliphatic carbocycles. The molecule has 0 aromatic carbocycles. The van der Waals surface area contributed by atoms with E-state index in [2.05, 4.69) is 0 Å². The molecule has 0 aromatic heterocycles. The lowest BCUT2D eigenvalue weighted by atomic mass is 9.73. The topological polar surface area (TPSA) is 127 Å². The summed E-state index contributed by atoms with van der Waals surface area (Å²) in [5, 5.41) is 18.6. The fourth-order valence-electron chi connectivity index (χ4n) is 2.66. The normalized spacial score (nSPS) is 15.5. The summed E-state index contributed by atoms with van der Waals surface area (Å²) in [6, 6.07) is 0. The number of ether oxygens (including phenoxy) is 2. The van der Waals surface area contributed by atoms with Crippen LogP contribution in [0.5, 0.6) is 0 Å². The maximum Gasteiger partial charge on any atom is 0.317 e. The second-order valence-corrected chi connectivity index (χ2v) is 5.92. The largest absolute Gasteiger partial charge is 0.481 e. The molecule has 0 aliphatic heterocycles. The lowest BCUT2D eigenvalue weighted by Crippen LogP contribution is -2.52. The van der Waals surface area contributed by atoms with Crippen molar-refractivity contribution in [2.24, 2.45) is 5.41 Å². The van der Waals surface area contributed by atoms with Crippen LogP contribution in [0.1, 0.15) is 66.2 Å². The molecule has 0 saturated heterocycles. The molecule has 144 valence electrons. The molecule has 0 aliphatic rings. The predicted molar refractivity (Wildman–Crippen MR) is 87.9 cm³/mol. The minimum absolute atomic E-state index is 0.0198. The quantitative estimate of drug-likeness (QED) is 0.401. The Morgan fingerprint density at radius 3 is 1.64 bits per heavy atom. The van der Waals surface area contributed by atoms with Crippen molar-refractivity contribution in [3.05, 3.63) is 0 Å². The van der Waals surface area contributed by atoms with Crippen molar-refractivity contribution in [3.8, 4) is 0 Å². The summed E-state index contributed by atoms with van der Waals surface area (Å²) in [6.07, 6.45) is -1.43. The van der Waals surface area contributed by atoms with Crippen molar-refractivity contribution >= 4 is 23.9 Å². The van der Waals surface area contributed by atoms with Crippen molar-refractivity contribution in [2.75, 3.05) is 0 Å². The predicted octanol–water partition coefficient (Wildman–Crippen LogP) is 2.39. The van der Waals surface area contributed by atoms with E-state index in [1.54, 1.807) is 13.8 Å². The van der Waals surface area contributed by atoms with Crippen LogP contribution >= 0.6 is 0 Å². The number of esters is 2. The molecule has 0 amide bonds.